The predicted octanol–water partition coefficient (Wildman–Crippen LogP) is 2.01. The highest BCUT2D eigenvalue weighted by Crippen LogP contribution is 2.28. The SMILES string of the molecule is COc1ccc(CCN2C(=O)NC(CC(=O)NC3CCCCC3)C2=O)cc1OC. The Balaban J connectivity index is 1.52. The Morgan fingerprint density at radius 2 is 1.86 bits per heavy atom. The molecule has 1 unspecified atom stereocenters. The van der Waals surface area contributed by atoms with Crippen molar-refractivity contribution >= 4 is 17.8 Å². The Hall–Kier alpha value is -2.77. The zero-order valence-electron chi connectivity index (χ0n) is 17.0. The molecule has 2 N–H and O–H groups in total. The third-order valence-corrected chi connectivity index (χ3v) is 5.54. The van der Waals surface area contributed by atoms with E-state index in [0.29, 0.717) is 17.9 Å². The molecule has 0 aromatic heterocycles. The first-order valence-corrected chi connectivity index (χ1v) is 10.1. The first kappa shape index (κ1) is 21.0. The van der Waals surface area contributed by atoms with E-state index < -0.39 is 12.1 Å². The number of carbonyl (C=O) groups is 3. The smallest absolute Gasteiger partial charge is 0.324 e. The second-order valence-electron chi connectivity index (χ2n) is 7.54. The molecular formula is C21H29N3O5. The maximum Gasteiger partial charge on any atom is 0.324 e. The summed E-state index contributed by atoms with van der Waals surface area (Å²) >= 11 is 0. The van der Waals surface area contributed by atoms with Crippen LogP contribution >= 0.6 is 0 Å². The molecular weight excluding hydrogens is 374 g/mol. The summed E-state index contributed by atoms with van der Waals surface area (Å²) in [5.41, 5.74) is 0.918. The lowest BCUT2D eigenvalue weighted by Gasteiger charge is -2.23. The number of imide groups is 1. The Kier molecular flexibility index (Phi) is 6.95. The van der Waals surface area contributed by atoms with Crippen molar-refractivity contribution in [2.45, 2.75) is 57.0 Å². The molecule has 158 valence electrons. The maximum atomic E-state index is 12.6. The number of benzene rings is 1. The first-order valence-electron chi connectivity index (χ1n) is 10.1. The van der Waals surface area contributed by atoms with Gasteiger partial charge in [-0.3, -0.25) is 14.5 Å². The Bertz CT molecular complexity index is 761. The van der Waals surface area contributed by atoms with Gasteiger partial charge in [-0.2, -0.15) is 0 Å². The van der Waals surface area contributed by atoms with Crippen LogP contribution in [-0.2, 0) is 16.0 Å². The van der Waals surface area contributed by atoms with Crippen LogP contribution in [-0.4, -0.2) is 55.6 Å². The number of urea groups is 1. The van der Waals surface area contributed by atoms with E-state index in [-0.39, 0.29) is 30.8 Å². The number of amides is 4. The van der Waals surface area contributed by atoms with E-state index in [1.54, 1.807) is 20.3 Å². The van der Waals surface area contributed by atoms with Gasteiger partial charge in [0.05, 0.1) is 20.6 Å². The minimum atomic E-state index is -0.795. The molecule has 2 aliphatic rings. The molecule has 1 aliphatic heterocycles. The van der Waals surface area contributed by atoms with Gasteiger partial charge in [0.1, 0.15) is 6.04 Å². The highest BCUT2D eigenvalue weighted by Gasteiger charge is 2.38. The molecule has 1 aliphatic carbocycles. The minimum absolute atomic E-state index is 0.0199. The molecule has 1 heterocycles. The van der Waals surface area contributed by atoms with E-state index in [2.05, 4.69) is 10.6 Å². The van der Waals surface area contributed by atoms with Crippen molar-refractivity contribution in [3.63, 3.8) is 0 Å². The fraction of sp³-hybridized carbons (Fsp3) is 0.571. The van der Waals surface area contributed by atoms with E-state index in [1.807, 2.05) is 12.1 Å². The van der Waals surface area contributed by atoms with Gasteiger partial charge < -0.3 is 20.1 Å². The molecule has 8 nitrogen and oxygen atoms in total. The number of hydrogen-bond donors (Lipinski definition) is 2. The van der Waals surface area contributed by atoms with Crippen LogP contribution < -0.4 is 20.1 Å². The minimum Gasteiger partial charge on any atom is -0.493 e. The fourth-order valence-electron chi connectivity index (χ4n) is 3.92. The van der Waals surface area contributed by atoms with E-state index in [4.69, 9.17) is 9.47 Å². The van der Waals surface area contributed by atoms with Crippen LogP contribution in [0.3, 0.4) is 0 Å². The number of ether oxygens (including phenoxy) is 2. The van der Waals surface area contributed by atoms with E-state index in [9.17, 15) is 14.4 Å². The summed E-state index contributed by atoms with van der Waals surface area (Å²) < 4.78 is 10.5. The Labute approximate surface area is 170 Å². The van der Waals surface area contributed by atoms with Crippen LogP contribution in [0, 0.1) is 0 Å². The molecule has 4 amide bonds. The molecule has 0 radical (unpaired) electrons. The molecule has 1 saturated heterocycles. The first-order chi connectivity index (χ1) is 14.0. The van der Waals surface area contributed by atoms with Crippen LogP contribution in [0.15, 0.2) is 18.2 Å². The van der Waals surface area contributed by atoms with Crippen LogP contribution in [0.5, 0.6) is 11.5 Å². The lowest BCUT2D eigenvalue weighted by Crippen LogP contribution is -2.41. The second kappa shape index (κ2) is 9.62. The van der Waals surface area contributed by atoms with Crippen LogP contribution in [0.25, 0.3) is 0 Å². The van der Waals surface area contributed by atoms with Crippen molar-refractivity contribution in [2.75, 3.05) is 20.8 Å². The number of nitrogens with one attached hydrogen (secondary N) is 2. The van der Waals surface area contributed by atoms with Crippen molar-refractivity contribution in [2.24, 2.45) is 0 Å². The number of methoxy groups -OCH3 is 2. The summed E-state index contributed by atoms with van der Waals surface area (Å²) in [6.45, 7) is 0.237. The van der Waals surface area contributed by atoms with Gasteiger partial charge in [-0.1, -0.05) is 25.3 Å². The van der Waals surface area contributed by atoms with Gasteiger partial charge in [0.2, 0.25) is 5.91 Å². The van der Waals surface area contributed by atoms with Gasteiger partial charge in [-0.15, -0.1) is 0 Å². The Morgan fingerprint density at radius 1 is 1.14 bits per heavy atom. The lowest BCUT2D eigenvalue weighted by atomic mass is 9.95. The molecule has 0 bridgehead atoms. The summed E-state index contributed by atoms with van der Waals surface area (Å²) in [4.78, 5) is 38.3. The topological polar surface area (TPSA) is 97.0 Å². The third kappa shape index (κ3) is 5.19. The molecule has 8 heteroatoms. The van der Waals surface area contributed by atoms with Crippen molar-refractivity contribution in [1.29, 1.82) is 0 Å². The number of nitrogens with zero attached hydrogens (tertiary/aromatic N) is 1. The average molecular weight is 403 g/mol. The van der Waals surface area contributed by atoms with Crippen molar-refractivity contribution in [1.82, 2.24) is 15.5 Å². The maximum absolute atomic E-state index is 12.6. The highest BCUT2D eigenvalue weighted by atomic mass is 16.5. The average Bonchev–Trinajstić information content (AvgIpc) is 2.99. The van der Waals surface area contributed by atoms with E-state index in [1.165, 1.54) is 11.3 Å². The molecule has 29 heavy (non-hydrogen) atoms. The van der Waals surface area contributed by atoms with Gasteiger partial charge in [0.15, 0.2) is 11.5 Å². The van der Waals surface area contributed by atoms with Crippen molar-refractivity contribution < 1.29 is 23.9 Å². The fourth-order valence-corrected chi connectivity index (χ4v) is 3.92. The Morgan fingerprint density at radius 3 is 2.55 bits per heavy atom. The molecule has 1 aromatic carbocycles. The van der Waals surface area contributed by atoms with E-state index in [0.717, 1.165) is 31.2 Å². The normalized spacial score (nSPS) is 19.8. The van der Waals surface area contributed by atoms with Crippen molar-refractivity contribution in [3.8, 4) is 11.5 Å². The van der Waals surface area contributed by atoms with E-state index >= 15 is 0 Å². The number of rotatable bonds is 8. The highest BCUT2D eigenvalue weighted by molar-refractivity contribution is 6.05. The second-order valence-corrected chi connectivity index (χ2v) is 7.54. The number of carbonyl (C=O) groups excluding carboxylic acids is 3. The molecule has 0 spiro atoms. The zero-order valence-corrected chi connectivity index (χ0v) is 17.0. The monoisotopic (exact) mass is 403 g/mol. The summed E-state index contributed by atoms with van der Waals surface area (Å²) in [7, 11) is 3.12. The molecule has 3 rings (SSSR count). The van der Waals surface area contributed by atoms with Crippen LogP contribution in [0.4, 0.5) is 4.79 Å². The van der Waals surface area contributed by atoms with Gasteiger partial charge in [-0.05, 0) is 37.0 Å². The van der Waals surface area contributed by atoms with Crippen molar-refractivity contribution in [3.05, 3.63) is 23.8 Å². The van der Waals surface area contributed by atoms with Gasteiger partial charge in [-0.25, -0.2) is 4.79 Å². The van der Waals surface area contributed by atoms with Gasteiger partial charge in [0.25, 0.3) is 5.91 Å². The molecule has 1 aromatic rings. The standard InChI is InChI=1S/C21H29N3O5/c1-28-17-9-8-14(12-18(17)29-2)10-11-24-20(26)16(23-21(24)27)13-19(25)22-15-6-4-3-5-7-15/h8-9,12,15-16H,3-7,10-11,13H2,1-2H3,(H,22,25)(H,23,27). The number of hydrogen-bond acceptors (Lipinski definition) is 5. The summed E-state index contributed by atoms with van der Waals surface area (Å²) in [5, 5.41) is 5.62. The predicted molar refractivity (Wildman–Crippen MR) is 107 cm³/mol. The van der Waals surface area contributed by atoms with Crippen LogP contribution in [0.2, 0.25) is 0 Å². The molecule has 1 saturated carbocycles. The van der Waals surface area contributed by atoms with Crippen LogP contribution in [0.1, 0.15) is 44.1 Å². The lowest BCUT2D eigenvalue weighted by molar-refractivity contribution is -0.131. The largest absolute Gasteiger partial charge is 0.493 e. The quantitative estimate of drug-likeness (QED) is 0.647. The summed E-state index contributed by atoms with van der Waals surface area (Å²) in [6.07, 6.45) is 5.87. The summed E-state index contributed by atoms with van der Waals surface area (Å²) in [5.74, 6) is 0.682. The summed E-state index contributed by atoms with van der Waals surface area (Å²) in [6, 6.07) is 4.42. The van der Waals surface area contributed by atoms with Gasteiger partial charge >= 0.3 is 6.03 Å². The third-order valence-electron chi connectivity index (χ3n) is 5.54. The molecule has 2 fully saturated rings. The van der Waals surface area contributed by atoms with Gasteiger partial charge in [0, 0.05) is 12.6 Å². The zero-order chi connectivity index (χ0) is 20.8. The molecule has 1 atom stereocenters.